The fourth-order valence-corrected chi connectivity index (χ4v) is 4.50. The quantitative estimate of drug-likeness (QED) is 0.447. The van der Waals surface area contributed by atoms with E-state index in [1.54, 1.807) is 0 Å². The van der Waals surface area contributed by atoms with Crippen LogP contribution in [0.3, 0.4) is 0 Å². The lowest BCUT2D eigenvalue weighted by molar-refractivity contribution is 0.140. The third kappa shape index (κ3) is 5.19. The number of hydrogen-bond donors (Lipinski definition) is 0. The van der Waals surface area contributed by atoms with Gasteiger partial charge < -0.3 is 9.47 Å². The van der Waals surface area contributed by atoms with Crippen LogP contribution in [-0.2, 0) is 17.6 Å². The highest BCUT2D eigenvalue weighted by Gasteiger charge is 2.23. The van der Waals surface area contributed by atoms with Crippen molar-refractivity contribution in [2.75, 3.05) is 13.2 Å². The van der Waals surface area contributed by atoms with E-state index in [4.69, 9.17) is 14.5 Å². The Labute approximate surface area is 176 Å². The Morgan fingerprint density at radius 2 is 1.76 bits per heavy atom. The van der Waals surface area contributed by atoms with Crippen molar-refractivity contribution in [3.05, 3.63) is 47.2 Å². The molecule has 3 rings (SSSR count). The summed E-state index contributed by atoms with van der Waals surface area (Å²) in [6.45, 7) is 10.5. The standard InChI is InChI=1S/C26H37NO2/c1-5-10-21(11-6-2)23-17-27-24(16-25(23)29-22-14-15-28-18-22)26-19(7-3)12-9-13-20(26)8-4/h9,12-13,16-17,21-22H,5-8,10-11,14-15,18H2,1-4H3. The van der Waals surface area contributed by atoms with Crippen molar-refractivity contribution in [1.82, 2.24) is 4.98 Å². The number of aryl methyl sites for hydroxylation is 2. The van der Waals surface area contributed by atoms with Gasteiger partial charge in [-0.25, -0.2) is 0 Å². The molecule has 0 bridgehead atoms. The lowest BCUT2D eigenvalue weighted by atomic mass is 9.89. The summed E-state index contributed by atoms with van der Waals surface area (Å²) in [5.74, 6) is 1.53. The summed E-state index contributed by atoms with van der Waals surface area (Å²) < 4.78 is 12.1. The molecule has 0 N–H and O–H groups in total. The third-order valence-electron chi connectivity index (χ3n) is 6.05. The predicted octanol–water partition coefficient (Wildman–Crippen LogP) is 6.72. The second kappa shape index (κ2) is 10.8. The van der Waals surface area contributed by atoms with Gasteiger partial charge in [-0.1, -0.05) is 58.7 Å². The maximum Gasteiger partial charge on any atom is 0.127 e. The van der Waals surface area contributed by atoms with Gasteiger partial charge in [0, 0.05) is 29.8 Å². The average Bonchev–Trinajstić information content (AvgIpc) is 3.26. The Balaban J connectivity index is 2.06. The summed E-state index contributed by atoms with van der Waals surface area (Å²) >= 11 is 0. The lowest BCUT2D eigenvalue weighted by Gasteiger charge is -2.23. The molecule has 29 heavy (non-hydrogen) atoms. The van der Waals surface area contributed by atoms with Crippen molar-refractivity contribution in [3.63, 3.8) is 0 Å². The van der Waals surface area contributed by atoms with Gasteiger partial charge in [-0.3, -0.25) is 4.98 Å². The van der Waals surface area contributed by atoms with E-state index in [9.17, 15) is 0 Å². The maximum atomic E-state index is 6.52. The molecular formula is C26H37NO2. The SMILES string of the molecule is CCCC(CCC)c1cnc(-c2c(CC)cccc2CC)cc1OC1CCOC1. The largest absolute Gasteiger partial charge is 0.487 e. The molecule has 1 atom stereocenters. The molecule has 2 aromatic rings. The van der Waals surface area contributed by atoms with Crippen LogP contribution in [0.4, 0.5) is 0 Å². The Morgan fingerprint density at radius 1 is 1.07 bits per heavy atom. The van der Waals surface area contributed by atoms with Gasteiger partial charge in [0.2, 0.25) is 0 Å². The monoisotopic (exact) mass is 395 g/mol. The number of ether oxygens (including phenoxy) is 2. The second-order valence-electron chi connectivity index (χ2n) is 8.14. The summed E-state index contributed by atoms with van der Waals surface area (Å²) in [5, 5.41) is 0. The number of aromatic nitrogens is 1. The summed E-state index contributed by atoms with van der Waals surface area (Å²) in [4.78, 5) is 4.98. The molecule has 0 saturated carbocycles. The molecule has 2 heterocycles. The molecule has 1 aliphatic heterocycles. The van der Waals surface area contributed by atoms with Gasteiger partial charge in [0.05, 0.1) is 18.9 Å². The van der Waals surface area contributed by atoms with E-state index in [1.165, 1.54) is 47.9 Å². The number of hydrogen-bond acceptors (Lipinski definition) is 3. The van der Waals surface area contributed by atoms with Crippen molar-refractivity contribution in [2.45, 2.75) is 84.7 Å². The molecule has 158 valence electrons. The molecule has 1 aromatic heterocycles. The Bertz CT molecular complexity index is 752. The first-order chi connectivity index (χ1) is 14.2. The van der Waals surface area contributed by atoms with Crippen LogP contribution in [0.5, 0.6) is 5.75 Å². The molecule has 0 aliphatic carbocycles. The molecule has 1 aliphatic rings. The molecule has 3 nitrogen and oxygen atoms in total. The van der Waals surface area contributed by atoms with Crippen LogP contribution in [0.25, 0.3) is 11.3 Å². The Morgan fingerprint density at radius 3 is 2.31 bits per heavy atom. The summed E-state index contributed by atoms with van der Waals surface area (Å²) in [5.41, 5.74) is 6.33. The van der Waals surface area contributed by atoms with Crippen LogP contribution < -0.4 is 4.74 Å². The molecule has 1 fully saturated rings. The minimum absolute atomic E-state index is 0.153. The fraction of sp³-hybridized carbons (Fsp3) is 0.577. The van der Waals surface area contributed by atoms with Gasteiger partial charge in [0.25, 0.3) is 0 Å². The number of rotatable bonds is 10. The molecular weight excluding hydrogens is 358 g/mol. The van der Waals surface area contributed by atoms with Crippen LogP contribution in [0.1, 0.15) is 82.4 Å². The third-order valence-corrected chi connectivity index (χ3v) is 6.05. The zero-order chi connectivity index (χ0) is 20.6. The van der Waals surface area contributed by atoms with Crippen molar-refractivity contribution < 1.29 is 9.47 Å². The van der Waals surface area contributed by atoms with E-state index in [1.807, 2.05) is 0 Å². The Hall–Kier alpha value is -1.87. The van der Waals surface area contributed by atoms with Gasteiger partial charge in [-0.2, -0.15) is 0 Å². The van der Waals surface area contributed by atoms with Crippen molar-refractivity contribution in [2.24, 2.45) is 0 Å². The van der Waals surface area contributed by atoms with E-state index in [0.29, 0.717) is 12.5 Å². The topological polar surface area (TPSA) is 31.4 Å². The van der Waals surface area contributed by atoms with E-state index in [2.05, 4.69) is 58.2 Å². The first-order valence-electron chi connectivity index (χ1n) is 11.6. The van der Waals surface area contributed by atoms with Crippen LogP contribution in [0, 0.1) is 0 Å². The molecule has 1 unspecified atom stereocenters. The summed E-state index contributed by atoms with van der Waals surface area (Å²) in [7, 11) is 0. The zero-order valence-corrected chi connectivity index (χ0v) is 18.7. The van der Waals surface area contributed by atoms with Gasteiger partial charge in [-0.15, -0.1) is 0 Å². The smallest absolute Gasteiger partial charge is 0.127 e. The molecule has 1 saturated heterocycles. The molecule has 0 spiro atoms. The van der Waals surface area contributed by atoms with Crippen LogP contribution >= 0.6 is 0 Å². The molecule has 0 amide bonds. The van der Waals surface area contributed by atoms with Crippen LogP contribution in [0.2, 0.25) is 0 Å². The number of pyridine rings is 1. The van der Waals surface area contributed by atoms with Crippen molar-refractivity contribution >= 4 is 0 Å². The number of benzene rings is 1. The van der Waals surface area contributed by atoms with E-state index in [0.717, 1.165) is 37.3 Å². The maximum absolute atomic E-state index is 6.52. The van der Waals surface area contributed by atoms with E-state index < -0.39 is 0 Å². The Kier molecular flexibility index (Phi) is 8.11. The highest BCUT2D eigenvalue weighted by molar-refractivity contribution is 5.69. The highest BCUT2D eigenvalue weighted by atomic mass is 16.5. The predicted molar refractivity (Wildman–Crippen MR) is 121 cm³/mol. The summed E-state index contributed by atoms with van der Waals surface area (Å²) in [6.07, 6.45) is 9.95. The molecule has 0 radical (unpaired) electrons. The number of nitrogens with zero attached hydrogens (tertiary/aromatic N) is 1. The molecule has 1 aromatic carbocycles. The van der Waals surface area contributed by atoms with Gasteiger partial charge in [0.15, 0.2) is 0 Å². The van der Waals surface area contributed by atoms with Gasteiger partial charge in [0.1, 0.15) is 11.9 Å². The van der Waals surface area contributed by atoms with Crippen LogP contribution in [0.15, 0.2) is 30.5 Å². The average molecular weight is 396 g/mol. The van der Waals surface area contributed by atoms with Gasteiger partial charge >= 0.3 is 0 Å². The van der Waals surface area contributed by atoms with E-state index in [-0.39, 0.29) is 6.10 Å². The lowest BCUT2D eigenvalue weighted by Crippen LogP contribution is -2.17. The minimum Gasteiger partial charge on any atom is -0.487 e. The van der Waals surface area contributed by atoms with Crippen molar-refractivity contribution in [1.29, 1.82) is 0 Å². The first-order valence-corrected chi connectivity index (χ1v) is 11.6. The summed E-state index contributed by atoms with van der Waals surface area (Å²) in [6, 6.07) is 8.83. The molecule has 3 heteroatoms. The highest BCUT2D eigenvalue weighted by Crippen LogP contribution is 2.38. The fourth-order valence-electron chi connectivity index (χ4n) is 4.50. The zero-order valence-electron chi connectivity index (χ0n) is 18.7. The van der Waals surface area contributed by atoms with E-state index >= 15 is 0 Å². The van der Waals surface area contributed by atoms with Crippen LogP contribution in [-0.4, -0.2) is 24.3 Å². The van der Waals surface area contributed by atoms with Gasteiger partial charge in [-0.05, 0) is 42.7 Å². The first kappa shape index (κ1) is 21.8. The minimum atomic E-state index is 0.153. The van der Waals surface area contributed by atoms with Crippen molar-refractivity contribution in [3.8, 4) is 17.0 Å². The normalized spacial score (nSPS) is 16.5. The second-order valence-corrected chi connectivity index (χ2v) is 8.14.